The summed E-state index contributed by atoms with van der Waals surface area (Å²) in [5.74, 6) is 0. The van der Waals surface area contributed by atoms with Crippen LogP contribution in [0.25, 0.3) is 0 Å². The maximum absolute atomic E-state index is 2.47. The summed E-state index contributed by atoms with van der Waals surface area (Å²) in [5.41, 5.74) is 1.48. The molecule has 0 bridgehead atoms. The molecule has 0 saturated carbocycles. The largest absolute Gasteiger partial charge is 0.0654 e. The van der Waals surface area contributed by atoms with Crippen LogP contribution in [0, 0.1) is 6.42 Å². The highest BCUT2D eigenvalue weighted by molar-refractivity contribution is 5.14. The third-order valence-electron chi connectivity index (χ3n) is 2.98. The van der Waals surface area contributed by atoms with Crippen LogP contribution in [0.3, 0.4) is 0 Å². The summed E-state index contributed by atoms with van der Waals surface area (Å²) in [6.07, 6.45) is 13.1. The van der Waals surface area contributed by atoms with Crippen LogP contribution in [0.4, 0.5) is 0 Å². The second kappa shape index (κ2) is 9.45. The van der Waals surface area contributed by atoms with Crippen LogP contribution in [0.1, 0.15) is 57.4 Å². The van der Waals surface area contributed by atoms with Crippen LogP contribution >= 0.6 is 0 Å². The lowest BCUT2D eigenvalue weighted by molar-refractivity contribution is 0.660. The lowest BCUT2D eigenvalue weighted by atomic mass is 10.0. The molecular formula is C16H25. The molecule has 0 unspecified atom stereocenters. The minimum atomic E-state index is 1.24. The lowest BCUT2D eigenvalue weighted by Gasteiger charge is -2.02. The van der Waals surface area contributed by atoms with Gasteiger partial charge in [-0.25, -0.2) is 0 Å². The Bertz CT molecular complexity index is 237. The SMILES string of the molecule is CCCCC[CH]CCCCc1ccccc1. The molecule has 0 N–H and O–H groups in total. The predicted octanol–water partition coefficient (Wildman–Crippen LogP) is 5.18. The molecule has 0 aliphatic heterocycles. The fraction of sp³-hybridized carbons (Fsp3) is 0.562. The third kappa shape index (κ3) is 6.66. The van der Waals surface area contributed by atoms with Crippen LogP contribution < -0.4 is 0 Å². The summed E-state index contributed by atoms with van der Waals surface area (Å²) >= 11 is 0. The molecule has 0 aliphatic carbocycles. The van der Waals surface area contributed by atoms with Gasteiger partial charge in [-0.1, -0.05) is 75.8 Å². The van der Waals surface area contributed by atoms with Crippen molar-refractivity contribution in [2.24, 2.45) is 0 Å². The van der Waals surface area contributed by atoms with Gasteiger partial charge in [0.05, 0.1) is 0 Å². The van der Waals surface area contributed by atoms with Crippen molar-refractivity contribution in [1.82, 2.24) is 0 Å². The van der Waals surface area contributed by atoms with Gasteiger partial charge in [-0.15, -0.1) is 0 Å². The molecule has 0 fully saturated rings. The Morgan fingerprint density at radius 3 is 2.25 bits per heavy atom. The smallest absolute Gasteiger partial charge is 0.0279 e. The fourth-order valence-corrected chi connectivity index (χ4v) is 1.95. The Kier molecular flexibility index (Phi) is 7.84. The topological polar surface area (TPSA) is 0 Å². The van der Waals surface area contributed by atoms with Crippen LogP contribution in [0.2, 0.25) is 0 Å². The van der Waals surface area contributed by atoms with Crippen LogP contribution in [-0.4, -0.2) is 0 Å². The Morgan fingerprint density at radius 1 is 0.875 bits per heavy atom. The molecule has 0 amide bonds. The van der Waals surface area contributed by atoms with Gasteiger partial charge in [0, 0.05) is 0 Å². The van der Waals surface area contributed by atoms with Crippen molar-refractivity contribution in [3.8, 4) is 0 Å². The van der Waals surface area contributed by atoms with E-state index in [0.29, 0.717) is 0 Å². The first-order valence-corrected chi connectivity index (χ1v) is 6.79. The van der Waals surface area contributed by atoms with E-state index in [0.717, 1.165) is 0 Å². The predicted molar refractivity (Wildman–Crippen MR) is 72.4 cm³/mol. The second-order valence-electron chi connectivity index (χ2n) is 4.52. The van der Waals surface area contributed by atoms with E-state index in [2.05, 4.69) is 43.7 Å². The molecule has 1 aromatic carbocycles. The molecule has 0 saturated heterocycles. The summed E-state index contributed by atoms with van der Waals surface area (Å²) in [5, 5.41) is 0. The number of aryl methyl sites for hydroxylation is 1. The highest BCUT2D eigenvalue weighted by atomic mass is 14.0. The maximum Gasteiger partial charge on any atom is -0.0279 e. The van der Waals surface area contributed by atoms with Gasteiger partial charge in [0.25, 0.3) is 0 Å². The van der Waals surface area contributed by atoms with E-state index in [9.17, 15) is 0 Å². The van der Waals surface area contributed by atoms with E-state index >= 15 is 0 Å². The van der Waals surface area contributed by atoms with Gasteiger partial charge in [0.15, 0.2) is 0 Å². The van der Waals surface area contributed by atoms with E-state index in [1.807, 2.05) is 0 Å². The van der Waals surface area contributed by atoms with Crippen molar-refractivity contribution in [1.29, 1.82) is 0 Å². The molecular weight excluding hydrogens is 192 g/mol. The van der Waals surface area contributed by atoms with Crippen molar-refractivity contribution in [3.05, 3.63) is 42.3 Å². The number of unbranched alkanes of at least 4 members (excludes halogenated alkanes) is 7. The van der Waals surface area contributed by atoms with E-state index < -0.39 is 0 Å². The second-order valence-corrected chi connectivity index (χ2v) is 4.52. The molecule has 16 heavy (non-hydrogen) atoms. The van der Waals surface area contributed by atoms with Gasteiger partial charge >= 0.3 is 0 Å². The molecule has 1 aromatic rings. The van der Waals surface area contributed by atoms with Gasteiger partial charge in [0.1, 0.15) is 0 Å². The summed E-state index contributed by atoms with van der Waals surface area (Å²) in [7, 11) is 0. The van der Waals surface area contributed by atoms with E-state index in [4.69, 9.17) is 0 Å². The van der Waals surface area contributed by atoms with Crippen LogP contribution in [0.5, 0.6) is 0 Å². The molecule has 1 rings (SSSR count). The van der Waals surface area contributed by atoms with Gasteiger partial charge in [0.2, 0.25) is 0 Å². The Morgan fingerprint density at radius 2 is 1.56 bits per heavy atom. The average molecular weight is 217 g/mol. The molecule has 0 aromatic heterocycles. The molecule has 0 atom stereocenters. The van der Waals surface area contributed by atoms with E-state index in [1.165, 1.54) is 56.9 Å². The quantitative estimate of drug-likeness (QED) is 0.500. The Hall–Kier alpha value is -0.780. The highest BCUT2D eigenvalue weighted by Crippen LogP contribution is 2.10. The monoisotopic (exact) mass is 217 g/mol. The highest BCUT2D eigenvalue weighted by Gasteiger charge is 1.93. The van der Waals surface area contributed by atoms with Gasteiger partial charge in [-0.05, 0) is 24.8 Å². The normalized spacial score (nSPS) is 10.6. The first kappa shape index (κ1) is 13.3. The Labute approximate surface area is 101 Å². The molecule has 1 radical (unpaired) electrons. The summed E-state index contributed by atoms with van der Waals surface area (Å²) in [6, 6.07) is 10.8. The number of hydrogen-bond donors (Lipinski definition) is 0. The fourth-order valence-electron chi connectivity index (χ4n) is 1.95. The molecule has 0 aliphatic rings. The zero-order valence-corrected chi connectivity index (χ0v) is 10.6. The first-order valence-electron chi connectivity index (χ1n) is 6.79. The van der Waals surface area contributed by atoms with Crippen molar-refractivity contribution in [2.75, 3.05) is 0 Å². The summed E-state index contributed by atoms with van der Waals surface area (Å²) in [6.45, 7) is 2.26. The lowest BCUT2D eigenvalue weighted by Crippen LogP contribution is -1.86. The van der Waals surface area contributed by atoms with Crippen molar-refractivity contribution >= 4 is 0 Å². The van der Waals surface area contributed by atoms with Gasteiger partial charge < -0.3 is 0 Å². The van der Waals surface area contributed by atoms with Crippen molar-refractivity contribution < 1.29 is 0 Å². The number of hydrogen-bond acceptors (Lipinski definition) is 0. The minimum Gasteiger partial charge on any atom is -0.0654 e. The van der Waals surface area contributed by atoms with Gasteiger partial charge in [-0.2, -0.15) is 0 Å². The number of rotatable bonds is 9. The van der Waals surface area contributed by atoms with Crippen molar-refractivity contribution in [2.45, 2.75) is 58.3 Å². The average Bonchev–Trinajstić information content (AvgIpc) is 2.34. The zero-order chi connectivity index (χ0) is 11.5. The van der Waals surface area contributed by atoms with Crippen LogP contribution in [-0.2, 0) is 6.42 Å². The molecule has 0 heterocycles. The van der Waals surface area contributed by atoms with Crippen LogP contribution in [0.15, 0.2) is 30.3 Å². The standard InChI is InChI=1S/C16H25/c1-2-3-4-5-6-7-8-10-13-16-14-11-9-12-15-16/h6,9,11-12,14-15H,2-5,7-8,10,13H2,1H3. The van der Waals surface area contributed by atoms with E-state index in [-0.39, 0.29) is 0 Å². The van der Waals surface area contributed by atoms with Crippen molar-refractivity contribution in [3.63, 3.8) is 0 Å². The summed E-state index contributed by atoms with van der Waals surface area (Å²) in [4.78, 5) is 0. The molecule has 89 valence electrons. The summed E-state index contributed by atoms with van der Waals surface area (Å²) < 4.78 is 0. The third-order valence-corrected chi connectivity index (χ3v) is 2.98. The zero-order valence-electron chi connectivity index (χ0n) is 10.6. The van der Waals surface area contributed by atoms with E-state index in [1.54, 1.807) is 0 Å². The Balaban J connectivity index is 1.89. The first-order chi connectivity index (χ1) is 7.93. The van der Waals surface area contributed by atoms with Gasteiger partial charge in [-0.3, -0.25) is 0 Å². The molecule has 0 spiro atoms. The minimum absolute atomic E-state index is 1.24. The number of benzene rings is 1. The molecule has 0 heteroatoms. The molecule has 0 nitrogen and oxygen atoms in total. The maximum atomic E-state index is 2.47.